The van der Waals surface area contributed by atoms with Crippen molar-refractivity contribution in [2.24, 2.45) is 0 Å². The van der Waals surface area contributed by atoms with Crippen LogP contribution in [0.2, 0.25) is 0 Å². The number of rotatable bonds is 7. The molecular formula is C19H18N2O4S2. The monoisotopic (exact) mass is 402 g/mol. The lowest BCUT2D eigenvalue weighted by atomic mass is 10.2. The minimum atomic E-state index is -3.75. The number of amides is 1. The summed E-state index contributed by atoms with van der Waals surface area (Å²) in [5.41, 5.74) is 0.514. The molecular weight excluding hydrogens is 384 g/mol. The molecule has 0 aliphatic heterocycles. The van der Waals surface area contributed by atoms with Crippen molar-refractivity contribution in [3.05, 3.63) is 76.7 Å². The summed E-state index contributed by atoms with van der Waals surface area (Å²) >= 11 is 1.30. The van der Waals surface area contributed by atoms with Crippen LogP contribution < -0.4 is 10.1 Å². The van der Waals surface area contributed by atoms with Crippen LogP contribution in [0.4, 0.5) is 0 Å². The first kappa shape index (κ1) is 19.1. The number of hydrogen-bond donors (Lipinski definition) is 1. The lowest BCUT2D eigenvalue weighted by Gasteiger charge is -2.18. The molecule has 0 spiro atoms. The van der Waals surface area contributed by atoms with Crippen LogP contribution in [0, 0.1) is 0 Å². The zero-order valence-electron chi connectivity index (χ0n) is 14.5. The van der Waals surface area contributed by atoms with Gasteiger partial charge >= 0.3 is 0 Å². The molecule has 6 nitrogen and oxygen atoms in total. The van der Waals surface area contributed by atoms with Crippen LogP contribution in [0.25, 0.3) is 0 Å². The molecule has 0 aliphatic rings. The molecule has 1 N–H and O–H groups in total. The van der Waals surface area contributed by atoms with E-state index in [1.807, 2.05) is 0 Å². The van der Waals surface area contributed by atoms with Crippen molar-refractivity contribution < 1.29 is 17.9 Å². The Labute approximate surface area is 161 Å². The molecule has 0 unspecified atom stereocenters. The number of hydrogen-bond acceptors (Lipinski definition) is 6. The predicted octanol–water partition coefficient (Wildman–Crippen LogP) is 3.10. The minimum absolute atomic E-state index is 0.0587. The highest BCUT2D eigenvalue weighted by molar-refractivity contribution is 7.91. The largest absolute Gasteiger partial charge is 0.497 e. The average molecular weight is 402 g/mol. The van der Waals surface area contributed by atoms with Crippen LogP contribution in [-0.2, 0) is 9.84 Å². The van der Waals surface area contributed by atoms with Crippen LogP contribution in [0.1, 0.15) is 20.5 Å². The lowest BCUT2D eigenvalue weighted by molar-refractivity contribution is 0.0957. The molecule has 1 atom stereocenters. The summed E-state index contributed by atoms with van der Waals surface area (Å²) in [5.74, 6) is 0.265. The minimum Gasteiger partial charge on any atom is -0.497 e. The number of nitrogens with one attached hydrogen (secondary N) is 1. The van der Waals surface area contributed by atoms with Gasteiger partial charge in [0.25, 0.3) is 5.91 Å². The van der Waals surface area contributed by atoms with Crippen LogP contribution in [0.15, 0.2) is 71.2 Å². The maximum absolute atomic E-state index is 13.2. The van der Waals surface area contributed by atoms with Crippen molar-refractivity contribution in [2.75, 3.05) is 13.7 Å². The SMILES string of the molecule is COc1ccc(S(=O)(=O)[C@H](CNC(=O)c2cccs2)c2cccnc2)cc1. The molecule has 3 rings (SSSR count). The highest BCUT2D eigenvalue weighted by Crippen LogP contribution is 2.29. The van der Waals surface area contributed by atoms with Crippen LogP contribution >= 0.6 is 11.3 Å². The van der Waals surface area contributed by atoms with E-state index in [0.717, 1.165) is 0 Å². The van der Waals surface area contributed by atoms with Gasteiger partial charge in [-0.2, -0.15) is 0 Å². The van der Waals surface area contributed by atoms with Crippen molar-refractivity contribution in [1.82, 2.24) is 10.3 Å². The van der Waals surface area contributed by atoms with E-state index in [2.05, 4.69) is 10.3 Å². The van der Waals surface area contributed by atoms with Gasteiger partial charge in [0.15, 0.2) is 9.84 Å². The van der Waals surface area contributed by atoms with E-state index in [9.17, 15) is 13.2 Å². The third kappa shape index (κ3) is 4.35. The first-order valence-electron chi connectivity index (χ1n) is 8.12. The zero-order valence-corrected chi connectivity index (χ0v) is 16.2. The predicted molar refractivity (Wildman–Crippen MR) is 104 cm³/mol. The summed E-state index contributed by atoms with van der Waals surface area (Å²) in [5, 5.41) is 3.56. The second-order valence-electron chi connectivity index (χ2n) is 5.68. The third-order valence-corrected chi connectivity index (χ3v) is 7.00. The quantitative estimate of drug-likeness (QED) is 0.656. The summed E-state index contributed by atoms with van der Waals surface area (Å²) in [4.78, 5) is 17.0. The zero-order chi connectivity index (χ0) is 19.3. The maximum Gasteiger partial charge on any atom is 0.261 e. The number of sulfone groups is 1. The van der Waals surface area contributed by atoms with E-state index in [0.29, 0.717) is 16.2 Å². The topological polar surface area (TPSA) is 85.4 Å². The summed E-state index contributed by atoms with van der Waals surface area (Å²) in [6.07, 6.45) is 3.08. The Hall–Kier alpha value is -2.71. The molecule has 1 aromatic carbocycles. The second-order valence-corrected chi connectivity index (χ2v) is 8.76. The molecule has 1 amide bonds. The van der Waals surface area contributed by atoms with E-state index in [4.69, 9.17) is 4.74 Å². The van der Waals surface area contributed by atoms with Gasteiger partial charge in [-0.1, -0.05) is 12.1 Å². The van der Waals surface area contributed by atoms with E-state index in [1.165, 1.54) is 36.8 Å². The molecule has 0 saturated carbocycles. The second kappa shape index (κ2) is 8.32. The normalized spacial score (nSPS) is 12.3. The molecule has 0 aliphatic carbocycles. The Morgan fingerprint density at radius 3 is 2.56 bits per heavy atom. The molecule has 2 aromatic heterocycles. The first-order chi connectivity index (χ1) is 13.0. The highest BCUT2D eigenvalue weighted by atomic mass is 32.2. The van der Waals surface area contributed by atoms with Gasteiger partial charge in [0.05, 0.1) is 16.9 Å². The van der Waals surface area contributed by atoms with Gasteiger partial charge in [-0.15, -0.1) is 11.3 Å². The molecule has 140 valence electrons. The van der Waals surface area contributed by atoms with Crippen molar-refractivity contribution >= 4 is 27.1 Å². The van der Waals surface area contributed by atoms with Crippen LogP contribution in [-0.4, -0.2) is 33.0 Å². The molecule has 0 radical (unpaired) electrons. The Morgan fingerprint density at radius 2 is 1.96 bits per heavy atom. The fourth-order valence-electron chi connectivity index (χ4n) is 2.58. The summed E-state index contributed by atoms with van der Waals surface area (Å²) in [7, 11) is -2.23. The number of carbonyl (C=O) groups is 1. The van der Waals surface area contributed by atoms with E-state index in [1.54, 1.807) is 48.0 Å². The average Bonchev–Trinajstić information content (AvgIpc) is 3.23. The standard InChI is InChI=1S/C19H18N2O4S2/c1-25-15-6-8-16(9-7-15)27(23,24)18(14-4-2-10-20-12-14)13-21-19(22)17-5-3-11-26-17/h2-12,18H,13H2,1H3,(H,21,22)/t18-/m1/s1. The Morgan fingerprint density at radius 1 is 1.19 bits per heavy atom. The first-order valence-corrected chi connectivity index (χ1v) is 10.5. The number of methoxy groups -OCH3 is 1. The number of carbonyl (C=O) groups excluding carboxylic acids is 1. The Balaban J connectivity index is 1.90. The number of benzene rings is 1. The molecule has 3 aromatic rings. The molecule has 2 heterocycles. The van der Waals surface area contributed by atoms with Gasteiger partial charge in [0, 0.05) is 18.9 Å². The van der Waals surface area contributed by atoms with E-state index in [-0.39, 0.29) is 17.3 Å². The summed E-state index contributed by atoms with van der Waals surface area (Å²) in [6, 6.07) is 13.0. The van der Waals surface area contributed by atoms with Crippen LogP contribution in [0.5, 0.6) is 5.75 Å². The van der Waals surface area contributed by atoms with Gasteiger partial charge in [-0.3, -0.25) is 9.78 Å². The number of pyridine rings is 1. The smallest absolute Gasteiger partial charge is 0.261 e. The summed E-state index contributed by atoms with van der Waals surface area (Å²) in [6.45, 7) is -0.0587. The molecule has 8 heteroatoms. The van der Waals surface area contributed by atoms with Gasteiger partial charge < -0.3 is 10.1 Å². The van der Waals surface area contributed by atoms with Gasteiger partial charge in [0.2, 0.25) is 0 Å². The van der Waals surface area contributed by atoms with E-state index >= 15 is 0 Å². The third-order valence-electron chi connectivity index (χ3n) is 4.01. The van der Waals surface area contributed by atoms with E-state index < -0.39 is 15.1 Å². The number of nitrogens with zero attached hydrogens (tertiary/aromatic N) is 1. The fourth-order valence-corrected chi connectivity index (χ4v) is 4.87. The Bertz CT molecular complexity index is 986. The maximum atomic E-state index is 13.2. The molecule has 0 fully saturated rings. The highest BCUT2D eigenvalue weighted by Gasteiger charge is 2.30. The Kier molecular flexibility index (Phi) is 5.88. The molecule has 27 heavy (non-hydrogen) atoms. The number of aromatic nitrogens is 1. The lowest BCUT2D eigenvalue weighted by Crippen LogP contribution is -2.31. The molecule has 0 saturated heterocycles. The van der Waals surface area contributed by atoms with Crippen molar-refractivity contribution in [3.8, 4) is 5.75 Å². The van der Waals surface area contributed by atoms with Gasteiger partial charge in [-0.25, -0.2) is 8.42 Å². The van der Waals surface area contributed by atoms with Crippen LogP contribution in [0.3, 0.4) is 0 Å². The van der Waals surface area contributed by atoms with Gasteiger partial charge in [-0.05, 0) is 47.3 Å². The van der Waals surface area contributed by atoms with Crippen molar-refractivity contribution in [1.29, 1.82) is 0 Å². The summed E-state index contributed by atoms with van der Waals surface area (Å²) < 4.78 is 31.5. The molecule has 0 bridgehead atoms. The van der Waals surface area contributed by atoms with Crippen molar-refractivity contribution in [3.63, 3.8) is 0 Å². The fraction of sp³-hybridized carbons (Fsp3) is 0.158. The number of ether oxygens (including phenoxy) is 1. The van der Waals surface area contributed by atoms with Gasteiger partial charge in [0.1, 0.15) is 11.0 Å². The number of thiophene rings is 1. The van der Waals surface area contributed by atoms with Crippen molar-refractivity contribution in [2.45, 2.75) is 10.1 Å².